The third-order valence-corrected chi connectivity index (χ3v) is 7.15. The van der Waals surface area contributed by atoms with Crippen LogP contribution in [0.3, 0.4) is 0 Å². The van der Waals surface area contributed by atoms with Gasteiger partial charge in [0.2, 0.25) is 5.91 Å². The molecule has 0 spiro atoms. The number of aromatic nitrogens is 2. The highest BCUT2D eigenvalue weighted by molar-refractivity contribution is 6.30. The molecule has 10 nitrogen and oxygen atoms in total. The Bertz CT molecular complexity index is 1440. The van der Waals surface area contributed by atoms with Gasteiger partial charge in [-0.05, 0) is 48.7 Å². The zero-order valence-corrected chi connectivity index (χ0v) is 22.0. The van der Waals surface area contributed by atoms with Gasteiger partial charge in [0.15, 0.2) is 0 Å². The lowest BCUT2D eigenvalue weighted by atomic mass is 10.0. The average Bonchev–Trinajstić information content (AvgIpc) is 3.40. The van der Waals surface area contributed by atoms with E-state index in [0.717, 1.165) is 10.5 Å². The van der Waals surface area contributed by atoms with Crippen LogP contribution < -0.4 is 10.2 Å². The number of rotatable bonds is 3. The molecule has 2 aliphatic heterocycles. The van der Waals surface area contributed by atoms with E-state index >= 15 is 0 Å². The molecular formula is C28H28ClN5O5. The number of halogens is 1. The highest BCUT2D eigenvalue weighted by Gasteiger charge is 2.35. The molecule has 5 rings (SSSR count). The Morgan fingerprint density at radius 1 is 1.21 bits per heavy atom. The van der Waals surface area contributed by atoms with Crippen LogP contribution in [0.15, 0.2) is 60.8 Å². The number of aromatic amines is 1. The number of nitrogens with one attached hydrogen (secondary N) is 2. The minimum Gasteiger partial charge on any atom is -0.465 e. The fourth-order valence-corrected chi connectivity index (χ4v) is 5.00. The van der Waals surface area contributed by atoms with Gasteiger partial charge in [-0.3, -0.25) is 14.6 Å². The molecule has 3 amide bonds. The van der Waals surface area contributed by atoms with Crippen molar-refractivity contribution >= 4 is 41.1 Å². The van der Waals surface area contributed by atoms with Gasteiger partial charge in [0.25, 0.3) is 0 Å². The predicted octanol–water partition coefficient (Wildman–Crippen LogP) is 6.15. The van der Waals surface area contributed by atoms with Crippen LogP contribution in [0.4, 0.5) is 21.0 Å². The molecule has 0 saturated carbocycles. The molecule has 1 aromatic heterocycles. The third-order valence-electron chi connectivity index (χ3n) is 6.91. The summed E-state index contributed by atoms with van der Waals surface area (Å²) >= 11 is 6.13. The molecule has 2 aliphatic rings. The van der Waals surface area contributed by atoms with E-state index in [0.29, 0.717) is 59.3 Å². The van der Waals surface area contributed by atoms with E-state index in [1.54, 1.807) is 35.4 Å². The van der Waals surface area contributed by atoms with Crippen LogP contribution >= 0.6 is 11.6 Å². The van der Waals surface area contributed by atoms with Gasteiger partial charge in [0.05, 0.1) is 17.4 Å². The molecule has 0 radical (unpaired) electrons. The second-order valence-corrected chi connectivity index (χ2v) is 9.90. The van der Waals surface area contributed by atoms with Gasteiger partial charge in [0, 0.05) is 48.9 Å². The van der Waals surface area contributed by atoms with Gasteiger partial charge >= 0.3 is 12.2 Å². The van der Waals surface area contributed by atoms with Crippen molar-refractivity contribution in [3.8, 4) is 11.3 Å². The molecule has 2 aromatic carbocycles. The number of anilines is 2. The van der Waals surface area contributed by atoms with E-state index in [4.69, 9.17) is 21.3 Å². The van der Waals surface area contributed by atoms with Gasteiger partial charge in [-0.15, -0.1) is 0 Å². The lowest BCUT2D eigenvalue weighted by Gasteiger charge is -2.36. The first-order chi connectivity index (χ1) is 18.8. The smallest absolute Gasteiger partial charge is 0.411 e. The Kier molecular flexibility index (Phi) is 7.56. The first-order valence-corrected chi connectivity index (χ1v) is 13.0. The summed E-state index contributed by atoms with van der Waals surface area (Å²) in [4.78, 5) is 48.1. The summed E-state index contributed by atoms with van der Waals surface area (Å²) in [6.07, 6.45) is 5.47. The number of hydrogen-bond acceptors (Lipinski definition) is 5. The maximum atomic E-state index is 13.2. The SMILES string of the molecule is CN(C(=O)O)c1ccc2c(c1)NC(=O)CC/C=C/C[C@H](N1CC[C@H](c3cccc(Cl)c3)OC1=O)c1nc-2c[nH]1. The minimum atomic E-state index is -1.12. The molecule has 0 aliphatic carbocycles. The molecule has 202 valence electrons. The van der Waals surface area contributed by atoms with E-state index in [1.165, 1.54) is 7.05 Å². The monoisotopic (exact) mass is 549 g/mol. The van der Waals surface area contributed by atoms with E-state index in [-0.39, 0.29) is 18.4 Å². The van der Waals surface area contributed by atoms with Crippen molar-refractivity contribution in [2.75, 3.05) is 23.8 Å². The maximum Gasteiger partial charge on any atom is 0.411 e. The second-order valence-electron chi connectivity index (χ2n) is 9.46. The lowest BCUT2D eigenvalue weighted by Crippen LogP contribution is -2.41. The fraction of sp³-hybridized carbons (Fsp3) is 0.286. The predicted molar refractivity (Wildman–Crippen MR) is 147 cm³/mol. The molecule has 2 bridgehead atoms. The van der Waals surface area contributed by atoms with Crippen molar-refractivity contribution in [2.24, 2.45) is 0 Å². The number of carbonyl (C=O) groups excluding carboxylic acids is 2. The normalized spacial score (nSPS) is 20.4. The minimum absolute atomic E-state index is 0.200. The second kappa shape index (κ2) is 11.2. The number of carbonyl (C=O) groups is 3. The molecule has 39 heavy (non-hydrogen) atoms. The van der Waals surface area contributed by atoms with Crippen molar-refractivity contribution in [3.63, 3.8) is 0 Å². The van der Waals surface area contributed by atoms with Gasteiger partial charge in [0.1, 0.15) is 11.9 Å². The van der Waals surface area contributed by atoms with Crippen LogP contribution in [0.2, 0.25) is 5.02 Å². The number of H-pyrrole nitrogens is 1. The lowest BCUT2D eigenvalue weighted by molar-refractivity contribution is -0.116. The van der Waals surface area contributed by atoms with Crippen molar-refractivity contribution in [3.05, 3.63) is 77.2 Å². The molecule has 1 saturated heterocycles. The number of hydrogen-bond donors (Lipinski definition) is 3. The number of benzene rings is 2. The van der Waals surface area contributed by atoms with Crippen molar-refractivity contribution in [1.29, 1.82) is 0 Å². The van der Waals surface area contributed by atoms with Crippen molar-refractivity contribution < 1.29 is 24.2 Å². The van der Waals surface area contributed by atoms with Gasteiger partial charge < -0.3 is 20.1 Å². The van der Waals surface area contributed by atoms with Crippen molar-refractivity contribution in [1.82, 2.24) is 14.9 Å². The molecule has 1 fully saturated rings. The zero-order chi connectivity index (χ0) is 27.5. The quantitative estimate of drug-likeness (QED) is 0.336. The largest absolute Gasteiger partial charge is 0.465 e. The average molecular weight is 550 g/mol. The Morgan fingerprint density at radius 3 is 2.82 bits per heavy atom. The maximum absolute atomic E-state index is 13.2. The Labute approximate surface area is 230 Å². The fourth-order valence-electron chi connectivity index (χ4n) is 4.80. The van der Waals surface area contributed by atoms with E-state index < -0.39 is 18.2 Å². The topological polar surface area (TPSA) is 128 Å². The van der Waals surface area contributed by atoms with Crippen LogP contribution in [0.5, 0.6) is 0 Å². The van der Waals surface area contributed by atoms with Crippen LogP contribution in [-0.4, -0.2) is 51.7 Å². The molecule has 11 heteroatoms. The Hall–Kier alpha value is -4.31. The summed E-state index contributed by atoms with van der Waals surface area (Å²) < 4.78 is 5.81. The molecule has 3 heterocycles. The molecule has 0 unspecified atom stereocenters. The van der Waals surface area contributed by atoms with Crippen LogP contribution in [0.1, 0.15) is 49.2 Å². The van der Waals surface area contributed by atoms with Gasteiger partial charge in [-0.1, -0.05) is 35.9 Å². The highest BCUT2D eigenvalue weighted by Crippen LogP contribution is 2.36. The first kappa shape index (κ1) is 26.3. The summed E-state index contributed by atoms with van der Waals surface area (Å²) in [7, 11) is 1.43. The summed E-state index contributed by atoms with van der Waals surface area (Å²) in [5.41, 5.74) is 2.89. The summed E-state index contributed by atoms with van der Waals surface area (Å²) in [5, 5.41) is 12.9. The number of fused-ring (bicyclic) bond motifs is 4. The Balaban J connectivity index is 1.45. The Morgan fingerprint density at radius 2 is 2.05 bits per heavy atom. The summed E-state index contributed by atoms with van der Waals surface area (Å²) in [5.74, 6) is 0.380. The standard InChI is InChI=1S/C28H28ClN5O5/c1-33(27(36)37)19-10-11-20-21(15-19)31-25(35)9-4-2-3-8-23(26-30-16-22(20)32-26)34-13-12-24(39-28(34)38)17-6-5-7-18(29)14-17/h2-3,5-7,10-11,14-16,23-24H,4,8-9,12-13H2,1H3,(H,30,32)(H,31,35)(H,36,37)/b3-2+/t23-,24+/m0/s1. The molecular weight excluding hydrogens is 522 g/mol. The number of amides is 3. The van der Waals surface area contributed by atoms with Gasteiger partial charge in [-0.25, -0.2) is 14.6 Å². The van der Waals surface area contributed by atoms with Crippen LogP contribution in [-0.2, 0) is 9.53 Å². The van der Waals surface area contributed by atoms with Gasteiger partial charge in [-0.2, -0.15) is 0 Å². The number of cyclic esters (lactones) is 1. The van der Waals surface area contributed by atoms with E-state index in [9.17, 15) is 19.5 Å². The van der Waals surface area contributed by atoms with E-state index in [1.807, 2.05) is 30.4 Å². The molecule has 3 N–H and O–H groups in total. The highest BCUT2D eigenvalue weighted by atomic mass is 35.5. The summed E-state index contributed by atoms with van der Waals surface area (Å²) in [6.45, 7) is 0.464. The zero-order valence-electron chi connectivity index (χ0n) is 21.3. The van der Waals surface area contributed by atoms with Crippen LogP contribution in [0.25, 0.3) is 11.3 Å². The first-order valence-electron chi connectivity index (χ1n) is 12.6. The number of nitrogens with zero attached hydrogens (tertiary/aromatic N) is 3. The van der Waals surface area contributed by atoms with Crippen molar-refractivity contribution in [2.45, 2.75) is 37.8 Å². The number of imidazole rings is 1. The molecule has 2 atom stereocenters. The molecule has 3 aromatic rings. The van der Waals surface area contributed by atoms with E-state index in [2.05, 4.69) is 10.3 Å². The number of ether oxygens (including phenoxy) is 1. The summed E-state index contributed by atoms with van der Waals surface area (Å²) in [6, 6.07) is 11.9. The van der Waals surface area contributed by atoms with Crippen LogP contribution in [0, 0.1) is 0 Å². The number of allylic oxidation sites excluding steroid dienone is 1. The number of carboxylic acid groups (broad SMARTS) is 1. The third kappa shape index (κ3) is 5.75.